The van der Waals surface area contributed by atoms with Gasteiger partial charge in [0.05, 0.1) is 12.3 Å². The number of rotatable bonds is 10. The molecular weight excluding hydrogens is 349 g/mol. The maximum Gasteiger partial charge on any atom is 0.332 e. The van der Waals surface area contributed by atoms with Crippen LogP contribution < -0.4 is 0 Å². The summed E-state index contributed by atoms with van der Waals surface area (Å²) in [7, 11) is -0.578. The summed E-state index contributed by atoms with van der Waals surface area (Å²) in [5.41, 5.74) is 2.32. The molecule has 0 unspecified atom stereocenters. The van der Waals surface area contributed by atoms with Crippen LogP contribution in [0.2, 0.25) is 0 Å². The fourth-order valence-corrected chi connectivity index (χ4v) is 4.01. The SMILES string of the molecule is COP(=O)(C[C@@H](O)CN(Cc1ccccc1)[C@H](C)c1ccccc1)OC. The van der Waals surface area contributed by atoms with Crippen molar-refractivity contribution >= 4 is 7.60 Å². The Labute approximate surface area is 156 Å². The van der Waals surface area contributed by atoms with Gasteiger partial charge < -0.3 is 14.2 Å². The minimum Gasteiger partial charge on any atom is -0.391 e. The highest BCUT2D eigenvalue weighted by atomic mass is 31.2. The topological polar surface area (TPSA) is 59.0 Å². The van der Waals surface area contributed by atoms with Gasteiger partial charge in [-0.2, -0.15) is 0 Å². The highest BCUT2D eigenvalue weighted by molar-refractivity contribution is 7.53. The molecule has 0 heterocycles. The molecule has 2 aromatic rings. The van der Waals surface area contributed by atoms with E-state index in [0.29, 0.717) is 13.1 Å². The minimum absolute atomic E-state index is 0.0349. The molecule has 0 aliphatic carbocycles. The molecule has 0 saturated carbocycles. The van der Waals surface area contributed by atoms with Crippen LogP contribution in [0.4, 0.5) is 0 Å². The second kappa shape index (κ2) is 10.0. The molecule has 2 aromatic carbocycles. The van der Waals surface area contributed by atoms with Gasteiger partial charge in [-0.15, -0.1) is 0 Å². The Bertz CT molecular complexity index is 687. The molecule has 6 heteroatoms. The van der Waals surface area contributed by atoms with Crippen LogP contribution in [-0.4, -0.2) is 43.0 Å². The molecule has 0 fully saturated rings. The molecular formula is C20H28NO4P. The van der Waals surface area contributed by atoms with E-state index in [2.05, 4.69) is 36.1 Å². The first kappa shape index (κ1) is 20.8. The third kappa shape index (κ3) is 6.04. The molecule has 0 aromatic heterocycles. The van der Waals surface area contributed by atoms with Crippen molar-refractivity contribution < 1.29 is 18.7 Å². The lowest BCUT2D eigenvalue weighted by Gasteiger charge is -2.32. The Kier molecular flexibility index (Phi) is 8.01. The first-order valence-electron chi connectivity index (χ1n) is 8.69. The van der Waals surface area contributed by atoms with Crippen LogP contribution in [0.1, 0.15) is 24.1 Å². The molecule has 2 rings (SSSR count). The highest BCUT2D eigenvalue weighted by Gasteiger charge is 2.28. The van der Waals surface area contributed by atoms with Gasteiger partial charge in [0, 0.05) is 33.4 Å². The van der Waals surface area contributed by atoms with Gasteiger partial charge in [-0.1, -0.05) is 60.7 Å². The molecule has 0 aliphatic heterocycles. The van der Waals surface area contributed by atoms with Gasteiger partial charge >= 0.3 is 7.60 Å². The number of aliphatic hydroxyl groups excluding tert-OH is 1. The van der Waals surface area contributed by atoms with Crippen LogP contribution >= 0.6 is 7.60 Å². The first-order chi connectivity index (χ1) is 12.5. The number of hydrogen-bond acceptors (Lipinski definition) is 5. The molecule has 0 spiro atoms. The van der Waals surface area contributed by atoms with Gasteiger partial charge in [0.25, 0.3) is 0 Å². The summed E-state index contributed by atoms with van der Waals surface area (Å²) < 4.78 is 22.2. The summed E-state index contributed by atoms with van der Waals surface area (Å²) in [6.07, 6.45) is -0.858. The number of aliphatic hydroxyl groups is 1. The van der Waals surface area contributed by atoms with Gasteiger partial charge in [0.15, 0.2) is 0 Å². The van der Waals surface area contributed by atoms with Crippen molar-refractivity contribution in [1.82, 2.24) is 4.90 Å². The van der Waals surface area contributed by atoms with Gasteiger partial charge in [-0.3, -0.25) is 9.46 Å². The van der Waals surface area contributed by atoms with Crippen molar-refractivity contribution in [2.24, 2.45) is 0 Å². The van der Waals surface area contributed by atoms with Crippen LogP contribution in [0, 0.1) is 0 Å². The minimum atomic E-state index is -3.25. The Hall–Kier alpha value is -1.49. The molecule has 5 nitrogen and oxygen atoms in total. The maximum absolute atomic E-state index is 12.3. The van der Waals surface area contributed by atoms with E-state index in [1.807, 2.05) is 36.4 Å². The quantitative estimate of drug-likeness (QED) is 0.632. The zero-order valence-electron chi connectivity index (χ0n) is 15.6. The number of benzene rings is 2. The average Bonchev–Trinajstić information content (AvgIpc) is 2.68. The fraction of sp³-hybridized carbons (Fsp3) is 0.400. The van der Waals surface area contributed by atoms with Crippen molar-refractivity contribution in [1.29, 1.82) is 0 Å². The van der Waals surface area contributed by atoms with E-state index in [9.17, 15) is 9.67 Å². The maximum atomic E-state index is 12.3. The molecule has 1 N–H and O–H groups in total. The second-order valence-electron chi connectivity index (χ2n) is 6.31. The smallest absolute Gasteiger partial charge is 0.332 e. The average molecular weight is 377 g/mol. The molecule has 2 atom stereocenters. The van der Waals surface area contributed by atoms with E-state index < -0.39 is 13.7 Å². The zero-order chi connectivity index (χ0) is 19.0. The van der Waals surface area contributed by atoms with Crippen molar-refractivity contribution in [3.05, 3.63) is 71.8 Å². The summed E-state index contributed by atoms with van der Waals surface area (Å²) in [5, 5.41) is 10.5. The number of nitrogens with zero attached hydrogens (tertiary/aromatic N) is 1. The summed E-state index contributed by atoms with van der Waals surface area (Å²) in [5.74, 6) is 0. The van der Waals surface area contributed by atoms with Crippen molar-refractivity contribution in [2.45, 2.75) is 25.6 Å². The van der Waals surface area contributed by atoms with Gasteiger partial charge in [-0.25, -0.2) is 0 Å². The van der Waals surface area contributed by atoms with E-state index in [0.717, 1.165) is 11.1 Å². The van der Waals surface area contributed by atoms with E-state index in [1.54, 1.807) is 0 Å². The predicted octanol–water partition coefficient (Wildman–Crippen LogP) is 4.10. The first-order valence-corrected chi connectivity index (χ1v) is 10.4. The Morgan fingerprint density at radius 1 is 1.00 bits per heavy atom. The van der Waals surface area contributed by atoms with Gasteiger partial charge in [-0.05, 0) is 18.1 Å². The van der Waals surface area contributed by atoms with Crippen LogP contribution in [0.15, 0.2) is 60.7 Å². The fourth-order valence-electron chi connectivity index (χ4n) is 2.93. The molecule has 0 bridgehead atoms. The summed E-state index contributed by atoms with van der Waals surface area (Å²) in [4.78, 5) is 2.17. The van der Waals surface area contributed by atoms with Crippen LogP contribution in [0.25, 0.3) is 0 Å². The Morgan fingerprint density at radius 3 is 2.08 bits per heavy atom. The molecule has 142 valence electrons. The monoisotopic (exact) mass is 377 g/mol. The lowest BCUT2D eigenvalue weighted by molar-refractivity contribution is 0.0943. The third-order valence-electron chi connectivity index (χ3n) is 4.49. The third-order valence-corrected chi connectivity index (χ3v) is 6.48. The lowest BCUT2D eigenvalue weighted by Crippen LogP contribution is -2.36. The predicted molar refractivity (Wildman–Crippen MR) is 104 cm³/mol. The zero-order valence-corrected chi connectivity index (χ0v) is 16.5. The number of hydrogen-bond donors (Lipinski definition) is 1. The van der Waals surface area contributed by atoms with Crippen LogP contribution in [-0.2, 0) is 20.2 Å². The van der Waals surface area contributed by atoms with Crippen molar-refractivity contribution in [3.8, 4) is 0 Å². The van der Waals surface area contributed by atoms with E-state index in [1.165, 1.54) is 14.2 Å². The molecule has 0 radical (unpaired) electrons. The second-order valence-corrected chi connectivity index (χ2v) is 8.63. The highest BCUT2D eigenvalue weighted by Crippen LogP contribution is 2.46. The Morgan fingerprint density at radius 2 is 1.54 bits per heavy atom. The summed E-state index contributed by atoms with van der Waals surface area (Å²) >= 11 is 0. The summed E-state index contributed by atoms with van der Waals surface area (Å²) in [6.45, 7) is 3.15. The lowest BCUT2D eigenvalue weighted by atomic mass is 10.1. The molecule has 26 heavy (non-hydrogen) atoms. The molecule has 0 saturated heterocycles. The van der Waals surface area contributed by atoms with E-state index >= 15 is 0 Å². The normalized spacial score (nSPS) is 14.3. The Balaban J connectivity index is 2.16. The van der Waals surface area contributed by atoms with Crippen LogP contribution in [0.3, 0.4) is 0 Å². The summed E-state index contributed by atoms with van der Waals surface area (Å²) in [6, 6.07) is 20.3. The van der Waals surface area contributed by atoms with E-state index in [4.69, 9.17) is 9.05 Å². The van der Waals surface area contributed by atoms with Gasteiger partial charge in [0.2, 0.25) is 0 Å². The molecule has 0 amide bonds. The van der Waals surface area contributed by atoms with Crippen molar-refractivity contribution in [2.75, 3.05) is 26.9 Å². The molecule has 0 aliphatic rings. The van der Waals surface area contributed by atoms with E-state index in [-0.39, 0.29) is 12.2 Å². The van der Waals surface area contributed by atoms with Gasteiger partial charge in [0.1, 0.15) is 0 Å². The van der Waals surface area contributed by atoms with Crippen LogP contribution in [0.5, 0.6) is 0 Å². The van der Waals surface area contributed by atoms with Crippen molar-refractivity contribution in [3.63, 3.8) is 0 Å². The largest absolute Gasteiger partial charge is 0.391 e. The standard InChI is InChI=1S/C20H28NO4P/c1-17(19-12-8-5-9-13-19)21(14-18-10-6-4-7-11-18)15-20(22)16-26(23,24-2)25-3/h4-13,17,20,22H,14-16H2,1-3H3/t17-,20+/m1/s1.